The number of imidazole rings is 1. The van der Waals surface area contributed by atoms with Gasteiger partial charge < -0.3 is 10.6 Å². The summed E-state index contributed by atoms with van der Waals surface area (Å²) >= 11 is 0. The van der Waals surface area contributed by atoms with E-state index in [-0.39, 0.29) is 16.8 Å². The molecule has 88 valence electrons. The molecular formula is C11H10FN3O2. The minimum absolute atomic E-state index is 0.0866. The lowest BCUT2D eigenvalue weighted by Crippen LogP contribution is -2.05. The standard InChI is InChI=1S/C11H10FN3O2/c1-17-11(16)7-3-2-4-8(12)10(7)9-5-15(13)6-14-9/h2-6H,13H2,1H3. The molecule has 5 nitrogen and oxygen atoms in total. The number of carbonyl (C=O) groups excluding carboxylic acids is 1. The summed E-state index contributed by atoms with van der Waals surface area (Å²) in [4.78, 5) is 15.4. The van der Waals surface area contributed by atoms with Gasteiger partial charge in [-0.1, -0.05) is 6.07 Å². The Morgan fingerprint density at radius 1 is 1.53 bits per heavy atom. The molecule has 0 unspecified atom stereocenters. The Kier molecular flexibility index (Phi) is 2.78. The summed E-state index contributed by atoms with van der Waals surface area (Å²) in [6.45, 7) is 0. The first-order valence-electron chi connectivity index (χ1n) is 4.79. The summed E-state index contributed by atoms with van der Waals surface area (Å²) in [5, 5.41) is 0. The number of halogens is 1. The van der Waals surface area contributed by atoms with Crippen molar-refractivity contribution in [3.63, 3.8) is 0 Å². The number of nitrogens with two attached hydrogens (primary N) is 1. The molecule has 0 aliphatic carbocycles. The van der Waals surface area contributed by atoms with Crippen LogP contribution in [0.2, 0.25) is 0 Å². The zero-order valence-electron chi connectivity index (χ0n) is 9.05. The van der Waals surface area contributed by atoms with E-state index in [1.165, 1.54) is 42.5 Å². The van der Waals surface area contributed by atoms with Gasteiger partial charge in [0.05, 0.1) is 30.1 Å². The fraction of sp³-hybridized carbons (Fsp3) is 0.0909. The Morgan fingerprint density at radius 2 is 2.29 bits per heavy atom. The second kappa shape index (κ2) is 4.25. The molecule has 0 aliphatic rings. The van der Waals surface area contributed by atoms with E-state index in [1.54, 1.807) is 0 Å². The molecular weight excluding hydrogens is 225 g/mol. The van der Waals surface area contributed by atoms with E-state index in [0.717, 1.165) is 0 Å². The molecule has 0 fully saturated rings. The van der Waals surface area contributed by atoms with Crippen LogP contribution in [0.25, 0.3) is 11.3 Å². The number of carbonyl (C=O) groups is 1. The molecule has 1 aromatic heterocycles. The number of nitrogen functional groups attached to an aromatic ring is 1. The molecule has 0 saturated carbocycles. The summed E-state index contributed by atoms with van der Waals surface area (Å²) in [7, 11) is 1.23. The maximum absolute atomic E-state index is 13.7. The van der Waals surface area contributed by atoms with Gasteiger partial charge in [-0.05, 0) is 12.1 Å². The third-order valence-corrected chi connectivity index (χ3v) is 2.28. The Bertz CT molecular complexity index is 566. The van der Waals surface area contributed by atoms with E-state index >= 15 is 0 Å². The van der Waals surface area contributed by atoms with Gasteiger partial charge in [0, 0.05) is 0 Å². The molecule has 0 atom stereocenters. The lowest BCUT2D eigenvalue weighted by molar-refractivity contribution is 0.0601. The van der Waals surface area contributed by atoms with Crippen LogP contribution in [0.3, 0.4) is 0 Å². The van der Waals surface area contributed by atoms with E-state index in [9.17, 15) is 9.18 Å². The molecule has 0 amide bonds. The first-order valence-corrected chi connectivity index (χ1v) is 4.79. The molecule has 6 heteroatoms. The Morgan fingerprint density at radius 3 is 2.88 bits per heavy atom. The Hall–Kier alpha value is -2.37. The predicted molar refractivity (Wildman–Crippen MR) is 59.1 cm³/mol. The molecule has 2 aromatic rings. The molecule has 0 saturated heterocycles. The van der Waals surface area contributed by atoms with Crippen molar-refractivity contribution in [2.75, 3.05) is 13.0 Å². The highest BCUT2D eigenvalue weighted by Gasteiger charge is 2.18. The van der Waals surface area contributed by atoms with Crippen LogP contribution in [0.5, 0.6) is 0 Å². The smallest absolute Gasteiger partial charge is 0.338 e. The first-order chi connectivity index (χ1) is 8.13. The van der Waals surface area contributed by atoms with Crippen LogP contribution < -0.4 is 5.84 Å². The number of ether oxygens (including phenoxy) is 1. The van der Waals surface area contributed by atoms with E-state index in [0.29, 0.717) is 0 Å². The second-order valence-electron chi connectivity index (χ2n) is 3.36. The van der Waals surface area contributed by atoms with Gasteiger partial charge in [-0.25, -0.2) is 14.2 Å². The second-order valence-corrected chi connectivity index (χ2v) is 3.36. The number of hydrogen-bond donors (Lipinski definition) is 1. The zero-order valence-corrected chi connectivity index (χ0v) is 9.05. The van der Waals surface area contributed by atoms with E-state index in [1.807, 2.05) is 0 Å². The van der Waals surface area contributed by atoms with Gasteiger partial charge in [0.1, 0.15) is 12.1 Å². The van der Waals surface area contributed by atoms with Crippen molar-refractivity contribution in [2.24, 2.45) is 0 Å². The highest BCUT2D eigenvalue weighted by Crippen LogP contribution is 2.25. The number of hydrogen-bond acceptors (Lipinski definition) is 4. The maximum Gasteiger partial charge on any atom is 0.338 e. The van der Waals surface area contributed by atoms with Crippen molar-refractivity contribution in [1.82, 2.24) is 9.66 Å². The van der Waals surface area contributed by atoms with Crippen molar-refractivity contribution in [3.05, 3.63) is 42.1 Å². The average molecular weight is 235 g/mol. The number of aromatic nitrogens is 2. The lowest BCUT2D eigenvalue weighted by Gasteiger charge is -2.06. The van der Waals surface area contributed by atoms with Crippen molar-refractivity contribution < 1.29 is 13.9 Å². The van der Waals surface area contributed by atoms with Gasteiger partial charge >= 0.3 is 5.97 Å². The third kappa shape index (κ3) is 1.96. The normalized spacial score (nSPS) is 10.2. The SMILES string of the molecule is COC(=O)c1cccc(F)c1-c1cn(N)cn1. The van der Waals surface area contributed by atoms with Crippen LogP contribution in [0.4, 0.5) is 4.39 Å². The topological polar surface area (TPSA) is 70.1 Å². The molecule has 0 radical (unpaired) electrons. The van der Waals surface area contributed by atoms with Crippen molar-refractivity contribution in [2.45, 2.75) is 0 Å². The number of benzene rings is 1. The molecule has 0 spiro atoms. The van der Waals surface area contributed by atoms with Gasteiger partial charge in [-0.3, -0.25) is 4.68 Å². The number of rotatable bonds is 2. The monoisotopic (exact) mass is 235 g/mol. The van der Waals surface area contributed by atoms with Crippen LogP contribution in [0, 0.1) is 5.82 Å². The quantitative estimate of drug-likeness (QED) is 0.627. The summed E-state index contributed by atoms with van der Waals surface area (Å²) in [6, 6.07) is 4.15. The number of methoxy groups -OCH3 is 1. The minimum atomic E-state index is -0.619. The minimum Gasteiger partial charge on any atom is -0.465 e. The lowest BCUT2D eigenvalue weighted by atomic mass is 10.0. The van der Waals surface area contributed by atoms with Gasteiger partial charge in [0.2, 0.25) is 0 Å². The fourth-order valence-corrected chi connectivity index (χ4v) is 1.53. The first kappa shape index (κ1) is 11.1. The number of esters is 1. The van der Waals surface area contributed by atoms with Gasteiger partial charge in [-0.2, -0.15) is 0 Å². The third-order valence-electron chi connectivity index (χ3n) is 2.28. The van der Waals surface area contributed by atoms with Gasteiger partial charge in [0.15, 0.2) is 0 Å². The van der Waals surface area contributed by atoms with E-state index < -0.39 is 11.8 Å². The highest BCUT2D eigenvalue weighted by molar-refractivity contribution is 5.96. The largest absolute Gasteiger partial charge is 0.465 e. The summed E-state index contributed by atoms with van der Waals surface area (Å²) in [5.74, 6) is 4.27. The molecule has 1 aromatic carbocycles. The summed E-state index contributed by atoms with van der Waals surface area (Å²) < 4.78 is 19.5. The average Bonchev–Trinajstić information content (AvgIpc) is 2.74. The van der Waals surface area contributed by atoms with Crippen LogP contribution in [0.15, 0.2) is 30.7 Å². The maximum atomic E-state index is 13.7. The van der Waals surface area contributed by atoms with Crippen LogP contribution in [0.1, 0.15) is 10.4 Å². The van der Waals surface area contributed by atoms with E-state index in [2.05, 4.69) is 9.72 Å². The molecule has 1 heterocycles. The molecule has 17 heavy (non-hydrogen) atoms. The van der Waals surface area contributed by atoms with Crippen molar-refractivity contribution in [3.8, 4) is 11.3 Å². The van der Waals surface area contributed by atoms with Gasteiger partial charge in [0.25, 0.3) is 0 Å². The highest BCUT2D eigenvalue weighted by atomic mass is 19.1. The van der Waals surface area contributed by atoms with Crippen molar-refractivity contribution >= 4 is 5.97 Å². The molecule has 2 rings (SSSR count). The predicted octanol–water partition coefficient (Wildman–Crippen LogP) is 1.19. The fourth-order valence-electron chi connectivity index (χ4n) is 1.53. The summed E-state index contributed by atoms with van der Waals surface area (Å²) in [6.07, 6.45) is 2.74. The molecule has 0 aliphatic heterocycles. The van der Waals surface area contributed by atoms with E-state index in [4.69, 9.17) is 5.84 Å². The molecule has 2 N–H and O–H groups in total. The van der Waals surface area contributed by atoms with Crippen LogP contribution in [-0.4, -0.2) is 22.7 Å². The van der Waals surface area contributed by atoms with Gasteiger partial charge in [-0.15, -0.1) is 0 Å². The number of nitrogens with zero attached hydrogens (tertiary/aromatic N) is 2. The summed E-state index contributed by atoms with van der Waals surface area (Å²) in [5.41, 5.74) is 0.487. The molecule has 0 bridgehead atoms. The zero-order chi connectivity index (χ0) is 12.4. The van der Waals surface area contributed by atoms with Crippen molar-refractivity contribution in [1.29, 1.82) is 0 Å². The Labute approximate surface area is 96.6 Å². The van der Waals surface area contributed by atoms with Crippen LogP contribution >= 0.6 is 0 Å². The Balaban J connectivity index is 2.63. The van der Waals surface area contributed by atoms with Crippen LogP contribution in [-0.2, 0) is 4.74 Å².